The van der Waals surface area contributed by atoms with Gasteiger partial charge in [-0.3, -0.25) is 4.98 Å². The highest BCUT2D eigenvalue weighted by atomic mass is 79.9. The van der Waals surface area contributed by atoms with Gasteiger partial charge in [0, 0.05) is 21.6 Å². The van der Waals surface area contributed by atoms with Crippen molar-refractivity contribution in [2.45, 2.75) is 6.04 Å². The van der Waals surface area contributed by atoms with Crippen LogP contribution in [0.4, 0.5) is 4.39 Å². The van der Waals surface area contributed by atoms with Crippen LogP contribution in [0.2, 0.25) is 0 Å². The summed E-state index contributed by atoms with van der Waals surface area (Å²) in [6, 6.07) is 14.6. The van der Waals surface area contributed by atoms with E-state index < -0.39 is 0 Å². The summed E-state index contributed by atoms with van der Waals surface area (Å²) in [5.41, 5.74) is 2.54. The average molecular weight is 345 g/mol. The van der Waals surface area contributed by atoms with Gasteiger partial charge in [-0.05, 0) is 42.9 Å². The molecule has 0 saturated heterocycles. The Bertz CT molecular complexity index is 783. The largest absolute Gasteiger partial charge is 0.309 e. The number of nitrogens with zero attached hydrogens (tertiary/aromatic N) is 1. The molecule has 1 atom stereocenters. The van der Waals surface area contributed by atoms with Gasteiger partial charge in [0.1, 0.15) is 5.82 Å². The van der Waals surface area contributed by atoms with Gasteiger partial charge in [-0.15, -0.1) is 0 Å². The van der Waals surface area contributed by atoms with E-state index in [1.807, 2.05) is 43.4 Å². The molecule has 3 rings (SSSR count). The fraction of sp³-hybridized carbons (Fsp3) is 0.118. The summed E-state index contributed by atoms with van der Waals surface area (Å²) >= 11 is 3.41. The van der Waals surface area contributed by atoms with Crippen LogP contribution in [0.3, 0.4) is 0 Å². The van der Waals surface area contributed by atoms with Gasteiger partial charge in [0.15, 0.2) is 0 Å². The van der Waals surface area contributed by atoms with Crippen LogP contribution in [0, 0.1) is 5.82 Å². The Labute approximate surface area is 131 Å². The minimum atomic E-state index is -0.226. The molecule has 0 aliphatic rings. The first-order valence-electron chi connectivity index (χ1n) is 6.66. The second kappa shape index (κ2) is 5.92. The number of hydrogen-bond donors (Lipinski definition) is 1. The molecular formula is C17H14BrFN2. The van der Waals surface area contributed by atoms with Crippen LogP contribution in [0.1, 0.15) is 17.2 Å². The molecule has 0 fully saturated rings. The highest BCUT2D eigenvalue weighted by molar-refractivity contribution is 9.10. The third-order valence-corrected chi connectivity index (χ3v) is 4.04. The molecular weight excluding hydrogens is 331 g/mol. The van der Waals surface area contributed by atoms with E-state index >= 15 is 0 Å². The van der Waals surface area contributed by atoms with Crippen LogP contribution in [0.25, 0.3) is 10.9 Å². The van der Waals surface area contributed by atoms with E-state index in [0.29, 0.717) is 5.56 Å². The molecule has 0 amide bonds. The summed E-state index contributed by atoms with van der Waals surface area (Å²) in [5, 5.41) is 4.23. The van der Waals surface area contributed by atoms with Crippen molar-refractivity contribution >= 4 is 26.8 Å². The second-order valence-corrected chi connectivity index (χ2v) is 5.72. The number of halogens is 2. The summed E-state index contributed by atoms with van der Waals surface area (Å²) in [6.45, 7) is 0. The van der Waals surface area contributed by atoms with E-state index in [0.717, 1.165) is 20.9 Å². The number of fused-ring (bicyclic) bond motifs is 1. The first-order valence-corrected chi connectivity index (χ1v) is 7.46. The monoisotopic (exact) mass is 344 g/mol. The molecule has 0 radical (unpaired) electrons. The zero-order valence-electron chi connectivity index (χ0n) is 11.5. The molecule has 0 spiro atoms. The van der Waals surface area contributed by atoms with Gasteiger partial charge in [-0.2, -0.15) is 0 Å². The molecule has 0 saturated carbocycles. The Morgan fingerprint density at radius 1 is 1.10 bits per heavy atom. The van der Waals surface area contributed by atoms with E-state index in [2.05, 4.69) is 26.2 Å². The predicted octanol–water partition coefficient (Wildman–Crippen LogP) is 4.45. The molecule has 0 aliphatic heterocycles. The van der Waals surface area contributed by atoms with Gasteiger partial charge in [0.25, 0.3) is 0 Å². The molecule has 2 aromatic carbocycles. The lowest BCUT2D eigenvalue weighted by Gasteiger charge is -2.20. The maximum Gasteiger partial charge on any atom is 0.128 e. The molecule has 3 aromatic rings. The van der Waals surface area contributed by atoms with Crippen molar-refractivity contribution in [3.8, 4) is 0 Å². The fourth-order valence-corrected chi connectivity index (χ4v) is 2.96. The first-order chi connectivity index (χ1) is 10.2. The molecule has 1 aromatic heterocycles. The van der Waals surface area contributed by atoms with Crippen LogP contribution in [-0.2, 0) is 0 Å². The Hall–Kier alpha value is -1.78. The van der Waals surface area contributed by atoms with Crippen molar-refractivity contribution in [2.24, 2.45) is 0 Å². The van der Waals surface area contributed by atoms with Crippen molar-refractivity contribution in [3.63, 3.8) is 0 Å². The summed E-state index contributed by atoms with van der Waals surface area (Å²) < 4.78 is 15.1. The van der Waals surface area contributed by atoms with Gasteiger partial charge in [0.05, 0.1) is 11.6 Å². The third-order valence-electron chi connectivity index (χ3n) is 3.55. The third kappa shape index (κ3) is 2.69. The fourth-order valence-electron chi connectivity index (χ4n) is 2.58. The van der Waals surface area contributed by atoms with Gasteiger partial charge >= 0.3 is 0 Å². The Morgan fingerprint density at radius 2 is 1.90 bits per heavy atom. The Balaban J connectivity index is 2.21. The van der Waals surface area contributed by atoms with E-state index in [1.165, 1.54) is 6.07 Å². The highest BCUT2D eigenvalue weighted by Gasteiger charge is 2.18. The van der Waals surface area contributed by atoms with Crippen molar-refractivity contribution in [1.29, 1.82) is 0 Å². The molecule has 21 heavy (non-hydrogen) atoms. The molecule has 1 unspecified atom stereocenters. The van der Waals surface area contributed by atoms with E-state index in [-0.39, 0.29) is 11.9 Å². The van der Waals surface area contributed by atoms with Crippen molar-refractivity contribution < 1.29 is 4.39 Å². The van der Waals surface area contributed by atoms with Crippen LogP contribution >= 0.6 is 15.9 Å². The van der Waals surface area contributed by atoms with Gasteiger partial charge in [0.2, 0.25) is 0 Å². The molecule has 0 bridgehead atoms. The number of rotatable bonds is 3. The standard InChI is InChI=1S/C17H14BrFN2/c1-20-17(14-10-11(18)6-7-15(14)19)13-8-9-21-16-5-3-2-4-12(13)16/h2-10,17,20H,1H3. The van der Waals surface area contributed by atoms with Crippen molar-refractivity contribution in [1.82, 2.24) is 10.3 Å². The Morgan fingerprint density at radius 3 is 2.71 bits per heavy atom. The Kier molecular flexibility index (Phi) is 3.99. The molecule has 2 nitrogen and oxygen atoms in total. The van der Waals surface area contributed by atoms with E-state index in [1.54, 1.807) is 12.3 Å². The molecule has 0 aliphatic carbocycles. The first kappa shape index (κ1) is 14.2. The van der Waals surface area contributed by atoms with Gasteiger partial charge < -0.3 is 5.32 Å². The smallest absolute Gasteiger partial charge is 0.128 e. The number of para-hydroxylation sites is 1. The van der Waals surface area contributed by atoms with Gasteiger partial charge in [-0.1, -0.05) is 34.1 Å². The minimum absolute atomic E-state index is 0.224. The molecule has 1 N–H and O–H groups in total. The lowest BCUT2D eigenvalue weighted by molar-refractivity contribution is 0.577. The van der Waals surface area contributed by atoms with E-state index in [4.69, 9.17) is 0 Å². The SMILES string of the molecule is CNC(c1cc(Br)ccc1F)c1ccnc2ccccc12. The van der Waals surface area contributed by atoms with Crippen LogP contribution < -0.4 is 5.32 Å². The predicted molar refractivity (Wildman–Crippen MR) is 86.7 cm³/mol. The minimum Gasteiger partial charge on any atom is -0.309 e. The number of nitrogens with one attached hydrogen (secondary N) is 1. The van der Waals surface area contributed by atoms with Gasteiger partial charge in [-0.25, -0.2) is 4.39 Å². The number of benzene rings is 2. The zero-order chi connectivity index (χ0) is 14.8. The average Bonchev–Trinajstić information content (AvgIpc) is 2.51. The maximum absolute atomic E-state index is 14.2. The maximum atomic E-state index is 14.2. The summed E-state index contributed by atoms with van der Waals surface area (Å²) in [6.07, 6.45) is 1.76. The topological polar surface area (TPSA) is 24.9 Å². The summed E-state index contributed by atoms with van der Waals surface area (Å²) in [7, 11) is 1.83. The lowest BCUT2D eigenvalue weighted by Crippen LogP contribution is -2.19. The molecule has 106 valence electrons. The summed E-state index contributed by atoms with van der Waals surface area (Å²) in [5.74, 6) is -0.224. The van der Waals surface area contributed by atoms with E-state index in [9.17, 15) is 4.39 Å². The van der Waals surface area contributed by atoms with Crippen LogP contribution in [-0.4, -0.2) is 12.0 Å². The number of hydrogen-bond acceptors (Lipinski definition) is 2. The quantitative estimate of drug-likeness (QED) is 0.759. The normalized spacial score (nSPS) is 12.5. The van der Waals surface area contributed by atoms with Crippen molar-refractivity contribution in [2.75, 3.05) is 7.05 Å². The van der Waals surface area contributed by atoms with Crippen molar-refractivity contribution in [3.05, 3.63) is 76.1 Å². The van der Waals surface area contributed by atoms with Crippen LogP contribution in [0.15, 0.2) is 59.2 Å². The molecule has 4 heteroatoms. The zero-order valence-corrected chi connectivity index (χ0v) is 13.1. The molecule has 1 heterocycles. The highest BCUT2D eigenvalue weighted by Crippen LogP contribution is 2.30. The van der Waals surface area contributed by atoms with Crippen LogP contribution in [0.5, 0.6) is 0 Å². The second-order valence-electron chi connectivity index (χ2n) is 4.80. The lowest BCUT2D eigenvalue weighted by atomic mass is 9.95. The summed E-state index contributed by atoms with van der Waals surface area (Å²) in [4.78, 5) is 4.36. The number of aromatic nitrogens is 1. The number of pyridine rings is 1.